The number of carbonyl (C=O) groups is 1. The largest absolute Gasteiger partial charge is 0.496 e. The lowest BCUT2D eigenvalue weighted by Gasteiger charge is -2.16. The van der Waals surface area contributed by atoms with E-state index in [1.54, 1.807) is 18.1 Å². The van der Waals surface area contributed by atoms with Crippen LogP contribution in [0.15, 0.2) is 54.2 Å². The number of amides is 1. The van der Waals surface area contributed by atoms with Gasteiger partial charge in [-0.25, -0.2) is 0 Å². The molecule has 0 radical (unpaired) electrons. The van der Waals surface area contributed by atoms with Gasteiger partial charge < -0.3 is 14.8 Å². The molecule has 0 aliphatic carbocycles. The van der Waals surface area contributed by atoms with Gasteiger partial charge in [0.1, 0.15) is 23.8 Å². The summed E-state index contributed by atoms with van der Waals surface area (Å²) in [5.74, 6) is 1.76. The Balaban J connectivity index is 1.80. The molecule has 146 valence electrons. The van der Waals surface area contributed by atoms with Gasteiger partial charge in [0.2, 0.25) is 0 Å². The van der Waals surface area contributed by atoms with Gasteiger partial charge in [-0.2, -0.15) is 0 Å². The van der Waals surface area contributed by atoms with Crippen LogP contribution in [0.4, 0.5) is 0 Å². The Morgan fingerprint density at radius 1 is 1.18 bits per heavy atom. The van der Waals surface area contributed by atoms with Crippen LogP contribution in [0, 0.1) is 5.92 Å². The molecule has 1 aliphatic rings. The fraction of sp³-hybridized carbons (Fsp3) is 0.273. The van der Waals surface area contributed by atoms with Crippen molar-refractivity contribution in [3.63, 3.8) is 0 Å². The van der Waals surface area contributed by atoms with E-state index in [1.807, 2.05) is 48.5 Å². The van der Waals surface area contributed by atoms with Crippen molar-refractivity contribution in [1.29, 1.82) is 0 Å². The highest BCUT2D eigenvalue weighted by Gasteiger charge is 2.30. The quantitative estimate of drug-likeness (QED) is 0.567. The maximum atomic E-state index is 12.6. The zero-order valence-corrected chi connectivity index (χ0v) is 17.1. The van der Waals surface area contributed by atoms with Crippen LogP contribution in [-0.2, 0) is 11.4 Å². The van der Waals surface area contributed by atoms with E-state index >= 15 is 0 Å². The molecule has 0 atom stereocenters. The lowest BCUT2D eigenvalue weighted by atomic mass is 10.1. The first-order valence-electron chi connectivity index (χ1n) is 9.17. The highest BCUT2D eigenvalue weighted by molar-refractivity contribution is 7.80. The van der Waals surface area contributed by atoms with Crippen molar-refractivity contribution in [3.8, 4) is 11.5 Å². The molecule has 1 amide bonds. The Kier molecular flexibility index (Phi) is 6.31. The Labute approximate surface area is 170 Å². The van der Waals surface area contributed by atoms with Gasteiger partial charge in [0.15, 0.2) is 5.11 Å². The van der Waals surface area contributed by atoms with E-state index in [1.165, 1.54) is 0 Å². The molecular weight excluding hydrogens is 372 g/mol. The predicted molar refractivity (Wildman–Crippen MR) is 114 cm³/mol. The summed E-state index contributed by atoms with van der Waals surface area (Å²) in [7, 11) is 1.63. The summed E-state index contributed by atoms with van der Waals surface area (Å²) in [5, 5.41) is 3.47. The van der Waals surface area contributed by atoms with Crippen molar-refractivity contribution < 1.29 is 14.3 Å². The topological polar surface area (TPSA) is 50.8 Å². The lowest BCUT2D eigenvalue weighted by molar-refractivity contribution is -0.122. The van der Waals surface area contributed by atoms with E-state index in [-0.39, 0.29) is 5.91 Å². The minimum atomic E-state index is -0.100. The molecule has 1 saturated heterocycles. The second-order valence-corrected chi connectivity index (χ2v) is 7.36. The number of hydrogen-bond donors (Lipinski definition) is 1. The Bertz CT molecular complexity index is 894. The van der Waals surface area contributed by atoms with E-state index in [4.69, 9.17) is 21.7 Å². The summed E-state index contributed by atoms with van der Waals surface area (Å²) >= 11 is 5.30. The van der Waals surface area contributed by atoms with Crippen LogP contribution in [0.1, 0.15) is 25.0 Å². The highest BCUT2D eigenvalue weighted by Crippen LogP contribution is 2.24. The summed E-state index contributed by atoms with van der Waals surface area (Å²) < 4.78 is 11.3. The van der Waals surface area contributed by atoms with Crippen LogP contribution >= 0.6 is 12.2 Å². The standard InChI is InChI=1S/C22H24N2O3S/c1-15(2)13-24-21(25)19(23-22(24)28)12-16-9-10-20(26-3)17(11-16)14-27-18-7-5-4-6-8-18/h4-12,15H,13-14H2,1-3H3,(H,23,28)/b19-12+. The lowest BCUT2D eigenvalue weighted by Crippen LogP contribution is -2.33. The molecule has 1 heterocycles. The van der Waals surface area contributed by atoms with Crippen molar-refractivity contribution in [2.45, 2.75) is 20.5 Å². The van der Waals surface area contributed by atoms with Gasteiger partial charge in [0.25, 0.3) is 5.91 Å². The van der Waals surface area contributed by atoms with Crippen molar-refractivity contribution in [1.82, 2.24) is 10.2 Å². The summed E-state index contributed by atoms with van der Waals surface area (Å²) in [5.41, 5.74) is 2.25. The fourth-order valence-electron chi connectivity index (χ4n) is 2.95. The molecule has 1 fully saturated rings. The maximum Gasteiger partial charge on any atom is 0.276 e. The first-order valence-corrected chi connectivity index (χ1v) is 9.58. The van der Waals surface area contributed by atoms with Gasteiger partial charge in [-0.3, -0.25) is 9.69 Å². The number of benzene rings is 2. The molecule has 2 aromatic rings. The van der Waals surface area contributed by atoms with Crippen LogP contribution in [-0.4, -0.2) is 29.6 Å². The first-order chi connectivity index (χ1) is 13.5. The molecule has 0 bridgehead atoms. The number of carbonyl (C=O) groups excluding carboxylic acids is 1. The Morgan fingerprint density at radius 2 is 1.93 bits per heavy atom. The molecule has 2 aromatic carbocycles. The SMILES string of the molecule is COc1ccc(/C=C2/NC(=S)N(CC(C)C)C2=O)cc1COc1ccccc1. The molecular formula is C22H24N2O3S. The predicted octanol–water partition coefficient (Wildman–Crippen LogP) is 3.99. The van der Waals surface area contributed by atoms with Gasteiger partial charge >= 0.3 is 0 Å². The molecule has 1 N–H and O–H groups in total. The maximum absolute atomic E-state index is 12.6. The second-order valence-electron chi connectivity index (χ2n) is 6.97. The smallest absolute Gasteiger partial charge is 0.276 e. The summed E-state index contributed by atoms with van der Waals surface area (Å²) in [6.07, 6.45) is 1.81. The minimum Gasteiger partial charge on any atom is -0.496 e. The van der Waals surface area contributed by atoms with E-state index in [0.717, 1.165) is 22.6 Å². The third-order valence-electron chi connectivity index (χ3n) is 4.26. The summed E-state index contributed by atoms with van der Waals surface area (Å²) in [4.78, 5) is 14.2. The summed E-state index contributed by atoms with van der Waals surface area (Å²) in [6.45, 7) is 5.07. The normalized spacial score (nSPS) is 15.3. The van der Waals surface area contributed by atoms with Gasteiger partial charge in [-0.15, -0.1) is 0 Å². The molecule has 5 nitrogen and oxygen atoms in total. The number of para-hydroxylation sites is 1. The monoisotopic (exact) mass is 396 g/mol. The van der Waals surface area contributed by atoms with E-state index in [2.05, 4.69) is 19.2 Å². The zero-order valence-electron chi connectivity index (χ0n) is 16.3. The first kappa shape index (κ1) is 19.9. The van der Waals surface area contributed by atoms with E-state index in [9.17, 15) is 4.79 Å². The molecule has 28 heavy (non-hydrogen) atoms. The van der Waals surface area contributed by atoms with E-state index in [0.29, 0.717) is 29.9 Å². The van der Waals surface area contributed by atoms with Gasteiger partial charge in [-0.05, 0) is 54.0 Å². The fourth-order valence-corrected chi connectivity index (χ4v) is 3.22. The molecule has 0 aromatic heterocycles. The van der Waals surface area contributed by atoms with Crippen molar-refractivity contribution >= 4 is 29.3 Å². The van der Waals surface area contributed by atoms with Crippen molar-refractivity contribution in [3.05, 3.63) is 65.4 Å². The third kappa shape index (κ3) is 4.70. The number of nitrogens with one attached hydrogen (secondary N) is 1. The van der Waals surface area contributed by atoms with Crippen molar-refractivity contribution in [2.24, 2.45) is 5.92 Å². The Hall–Kier alpha value is -2.86. The number of nitrogens with zero attached hydrogens (tertiary/aromatic N) is 1. The van der Waals surface area contributed by atoms with Crippen LogP contribution in [0.2, 0.25) is 0 Å². The minimum absolute atomic E-state index is 0.100. The van der Waals surface area contributed by atoms with Crippen LogP contribution in [0.5, 0.6) is 11.5 Å². The van der Waals surface area contributed by atoms with Gasteiger partial charge in [0, 0.05) is 12.1 Å². The molecule has 0 unspecified atom stereocenters. The number of thiocarbonyl (C=S) groups is 1. The van der Waals surface area contributed by atoms with Crippen LogP contribution < -0.4 is 14.8 Å². The third-order valence-corrected chi connectivity index (χ3v) is 4.59. The van der Waals surface area contributed by atoms with Gasteiger partial charge in [0.05, 0.1) is 7.11 Å². The Morgan fingerprint density at radius 3 is 2.61 bits per heavy atom. The molecule has 3 rings (SSSR count). The molecule has 1 aliphatic heterocycles. The van der Waals surface area contributed by atoms with Gasteiger partial charge in [-0.1, -0.05) is 38.1 Å². The van der Waals surface area contributed by atoms with E-state index < -0.39 is 0 Å². The number of hydrogen-bond acceptors (Lipinski definition) is 4. The number of methoxy groups -OCH3 is 1. The van der Waals surface area contributed by atoms with Crippen LogP contribution in [0.25, 0.3) is 6.08 Å². The molecule has 0 spiro atoms. The molecule has 0 saturated carbocycles. The summed E-state index contributed by atoms with van der Waals surface area (Å²) in [6, 6.07) is 15.3. The average molecular weight is 397 g/mol. The number of ether oxygens (including phenoxy) is 2. The second kappa shape index (κ2) is 8.89. The highest BCUT2D eigenvalue weighted by atomic mass is 32.1. The van der Waals surface area contributed by atoms with Crippen molar-refractivity contribution in [2.75, 3.05) is 13.7 Å². The molecule has 6 heteroatoms. The number of rotatable bonds is 7. The zero-order chi connectivity index (χ0) is 20.1. The average Bonchev–Trinajstić information content (AvgIpc) is 2.94. The van der Waals surface area contributed by atoms with Crippen LogP contribution in [0.3, 0.4) is 0 Å².